The Balaban J connectivity index is 1.90. The molecular formula is C21H31IN4O6. The first kappa shape index (κ1) is 26.1. The summed E-state index contributed by atoms with van der Waals surface area (Å²) in [5.74, 6) is -0.498. The number of hydrazine groups is 1. The summed E-state index contributed by atoms with van der Waals surface area (Å²) < 4.78 is 11.3. The van der Waals surface area contributed by atoms with Crippen molar-refractivity contribution in [2.75, 3.05) is 6.54 Å². The van der Waals surface area contributed by atoms with Crippen molar-refractivity contribution in [1.29, 1.82) is 0 Å². The van der Waals surface area contributed by atoms with Crippen LogP contribution in [0, 0.1) is 8.99 Å². The number of alkyl carbamates (subject to hydrolysis) is 1. The van der Waals surface area contributed by atoms with Crippen molar-refractivity contribution in [3.05, 3.63) is 33.4 Å². The lowest BCUT2D eigenvalue weighted by Crippen LogP contribution is -2.57. The van der Waals surface area contributed by atoms with Gasteiger partial charge in [-0.2, -0.15) is 0 Å². The number of nitrogens with one attached hydrogen (secondary N) is 3. The van der Waals surface area contributed by atoms with Gasteiger partial charge in [-0.05, 0) is 58.5 Å². The van der Waals surface area contributed by atoms with Crippen LogP contribution in [0.3, 0.4) is 0 Å². The highest BCUT2D eigenvalue weighted by Gasteiger charge is 2.35. The number of hydrogen-bond donors (Lipinski definition) is 5. The van der Waals surface area contributed by atoms with Crippen molar-refractivity contribution < 1.29 is 29.0 Å². The second-order valence-electron chi connectivity index (χ2n) is 8.79. The van der Waals surface area contributed by atoms with E-state index in [-0.39, 0.29) is 19.1 Å². The summed E-state index contributed by atoms with van der Waals surface area (Å²) in [7, 11) is 0. The van der Waals surface area contributed by atoms with Crippen LogP contribution in [0.4, 0.5) is 9.59 Å². The molecule has 1 aliphatic carbocycles. The molecule has 0 bridgehead atoms. The van der Waals surface area contributed by atoms with Gasteiger partial charge in [-0.3, -0.25) is 10.2 Å². The number of aliphatic hydroxyl groups is 1. The molecule has 2 rings (SSSR count). The lowest BCUT2D eigenvalue weighted by atomic mass is 9.86. The zero-order valence-electron chi connectivity index (χ0n) is 18.4. The van der Waals surface area contributed by atoms with Crippen molar-refractivity contribution in [3.63, 3.8) is 0 Å². The number of amides is 3. The van der Waals surface area contributed by atoms with E-state index in [2.05, 4.69) is 38.8 Å². The summed E-state index contributed by atoms with van der Waals surface area (Å²) >= 11 is 2.18. The van der Waals surface area contributed by atoms with Crippen LogP contribution in [-0.2, 0) is 20.7 Å². The van der Waals surface area contributed by atoms with Gasteiger partial charge >= 0.3 is 12.2 Å². The van der Waals surface area contributed by atoms with Gasteiger partial charge in [-0.15, -0.1) is 0 Å². The number of primary amides is 1. The third-order valence-corrected chi connectivity index (χ3v) is 5.48. The second kappa shape index (κ2) is 11.7. The molecule has 0 aliphatic heterocycles. The largest absolute Gasteiger partial charge is 0.446 e. The Kier molecular flexibility index (Phi) is 9.52. The summed E-state index contributed by atoms with van der Waals surface area (Å²) in [5, 5.41) is 13.1. The Labute approximate surface area is 201 Å². The van der Waals surface area contributed by atoms with E-state index in [4.69, 9.17) is 15.2 Å². The number of nitrogens with two attached hydrogens (primary N) is 1. The van der Waals surface area contributed by atoms with E-state index in [0.29, 0.717) is 0 Å². The van der Waals surface area contributed by atoms with Crippen molar-refractivity contribution in [2.45, 2.75) is 64.4 Å². The molecule has 0 radical (unpaired) electrons. The Morgan fingerprint density at radius 3 is 2.38 bits per heavy atom. The first-order valence-electron chi connectivity index (χ1n) is 10.3. The van der Waals surface area contributed by atoms with E-state index in [0.717, 1.165) is 22.0 Å². The van der Waals surface area contributed by atoms with Crippen LogP contribution >= 0.6 is 22.6 Å². The van der Waals surface area contributed by atoms with E-state index in [9.17, 15) is 19.5 Å². The molecule has 1 unspecified atom stereocenters. The maximum Gasteiger partial charge on any atom is 0.408 e. The highest BCUT2D eigenvalue weighted by atomic mass is 127. The summed E-state index contributed by atoms with van der Waals surface area (Å²) in [6.45, 7) is 5.31. The van der Waals surface area contributed by atoms with Gasteiger partial charge < -0.3 is 25.6 Å². The van der Waals surface area contributed by atoms with Gasteiger partial charge in [-0.1, -0.05) is 32.9 Å². The maximum absolute atomic E-state index is 12.6. The molecule has 32 heavy (non-hydrogen) atoms. The molecule has 0 aromatic heterocycles. The molecule has 0 spiro atoms. The molecule has 3 amide bonds. The Bertz CT molecular complexity index is 794. The third kappa shape index (κ3) is 9.17. The van der Waals surface area contributed by atoms with Crippen LogP contribution in [0.1, 0.15) is 39.2 Å². The fraction of sp³-hybridized carbons (Fsp3) is 0.571. The smallest absolute Gasteiger partial charge is 0.408 e. The number of benzene rings is 1. The van der Waals surface area contributed by atoms with Gasteiger partial charge in [0.15, 0.2) is 0 Å². The fourth-order valence-electron chi connectivity index (χ4n) is 2.87. The Morgan fingerprint density at radius 1 is 1.22 bits per heavy atom. The van der Waals surface area contributed by atoms with Crippen molar-refractivity contribution in [3.8, 4) is 0 Å². The van der Waals surface area contributed by atoms with Gasteiger partial charge in [0.1, 0.15) is 24.4 Å². The fourth-order valence-corrected chi connectivity index (χ4v) is 3.23. The molecule has 1 aliphatic rings. The second-order valence-corrected chi connectivity index (χ2v) is 10.0. The number of carbonyl (C=O) groups is 3. The molecule has 0 saturated heterocycles. The number of aliphatic hydroxyl groups excluding tert-OH is 1. The van der Waals surface area contributed by atoms with E-state index in [1.54, 1.807) is 20.8 Å². The minimum absolute atomic E-state index is 0.0813. The average Bonchev–Trinajstić information content (AvgIpc) is 3.49. The van der Waals surface area contributed by atoms with Crippen LogP contribution < -0.4 is 21.9 Å². The quantitative estimate of drug-likeness (QED) is 0.215. The summed E-state index contributed by atoms with van der Waals surface area (Å²) in [5.41, 5.74) is 10.5. The van der Waals surface area contributed by atoms with Gasteiger partial charge in [0.2, 0.25) is 0 Å². The molecule has 1 aromatic carbocycles. The predicted octanol–water partition coefficient (Wildman–Crippen LogP) is 1.58. The van der Waals surface area contributed by atoms with E-state index in [1.807, 2.05) is 24.3 Å². The highest BCUT2D eigenvalue weighted by Crippen LogP contribution is 2.24. The normalized spacial score (nSPS) is 16.4. The molecule has 3 atom stereocenters. The predicted molar refractivity (Wildman–Crippen MR) is 125 cm³/mol. The topological polar surface area (TPSA) is 152 Å². The summed E-state index contributed by atoms with van der Waals surface area (Å²) in [4.78, 5) is 35.9. The molecule has 1 aromatic rings. The maximum atomic E-state index is 12.6. The number of rotatable bonds is 10. The monoisotopic (exact) mass is 562 g/mol. The Hall–Kier alpha value is -2.12. The van der Waals surface area contributed by atoms with Crippen LogP contribution in [-0.4, -0.2) is 54.1 Å². The lowest BCUT2D eigenvalue weighted by Gasteiger charge is -2.30. The van der Waals surface area contributed by atoms with E-state index < -0.39 is 41.8 Å². The molecule has 1 fully saturated rings. The first-order valence-corrected chi connectivity index (χ1v) is 11.4. The molecule has 6 N–H and O–H groups in total. The Morgan fingerprint density at radius 2 is 1.84 bits per heavy atom. The van der Waals surface area contributed by atoms with Crippen molar-refractivity contribution in [1.82, 2.24) is 16.2 Å². The molecule has 0 heterocycles. The minimum atomic E-state index is -1.15. The molecule has 11 heteroatoms. The van der Waals surface area contributed by atoms with E-state index >= 15 is 0 Å². The van der Waals surface area contributed by atoms with Crippen LogP contribution in [0.2, 0.25) is 0 Å². The van der Waals surface area contributed by atoms with Crippen LogP contribution in [0.25, 0.3) is 0 Å². The SMILES string of the molecule is CC(C)(C)C(NC(=O)OC1CC1)C(=O)NNC[C@H](O)[C@H](Cc1ccc(I)cc1)OC(N)=O. The van der Waals surface area contributed by atoms with Gasteiger partial charge in [0.05, 0.1) is 0 Å². The zero-order chi connectivity index (χ0) is 23.9. The molecular weight excluding hydrogens is 531 g/mol. The molecule has 178 valence electrons. The van der Waals surface area contributed by atoms with Crippen molar-refractivity contribution >= 4 is 40.7 Å². The van der Waals surface area contributed by atoms with Gasteiger partial charge in [-0.25, -0.2) is 15.0 Å². The number of carbonyl (C=O) groups excluding carboxylic acids is 3. The van der Waals surface area contributed by atoms with Crippen molar-refractivity contribution in [2.24, 2.45) is 11.1 Å². The minimum Gasteiger partial charge on any atom is -0.446 e. The number of ether oxygens (including phenoxy) is 2. The first-order chi connectivity index (χ1) is 15.0. The van der Waals surface area contributed by atoms with E-state index in [1.165, 1.54) is 0 Å². The summed E-state index contributed by atoms with van der Waals surface area (Å²) in [6, 6.07) is 6.65. The van der Waals surface area contributed by atoms with Gasteiger partial charge in [0.25, 0.3) is 5.91 Å². The average molecular weight is 562 g/mol. The zero-order valence-corrected chi connectivity index (χ0v) is 20.5. The number of halogens is 1. The number of hydrogen-bond acceptors (Lipinski definition) is 7. The van der Waals surface area contributed by atoms with Crippen LogP contribution in [0.5, 0.6) is 0 Å². The molecule has 1 saturated carbocycles. The standard InChI is InChI=1S/C21H31IN4O6/c1-21(2,3)17(25-20(30)31-14-8-9-14)18(28)26-24-11-15(27)16(32-19(23)29)10-12-4-6-13(22)7-5-12/h4-7,14-17,24,27H,8-11H2,1-3H3,(H2,23,29)(H,25,30)(H,26,28)/t15-,16-,17?/m0/s1. The van der Waals surface area contributed by atoms with Gasteiger partial charge in [0, 0.05) is 16.5 Å². The molecule has 10 nitrogen and oxygen atoms in total. The third-order valence-electron chi connectivity index (χ3n) is 4.76. The van der Waals surface area contributed by atoms with Crippen LogP contribution in [0.15, 0.2) is 24.3 Å². The highest BCUT2D eigenvalue weighted by molar-refractivity contribution is 14.1. The lowest BCUT2D eigenvalue weighted by molar-refractivity contribution is -0.126. The summed E-state index contributed by atoms with van der Waals surface area (Å²) in [6.07, 6.45) is -1.89.